The van der Waals surface area contributed by atoms with E-state index in [1.165, 1.54) is 13.2 Å². The highest BCUT2D eigenvalue weighted by atomic mass is 16.5. The molecule has 7 heteroatoms. The topological polar surface area (TPSA) is 74.3 Å². The number of benzene rings is 2. The molecule has 0 unspecified atom stereocenters. The molecule has 1 aliphatic heterocycles. The first-order valence-electron chi connectivity index (χ1n) is 9.65. The molecule has 0 saturated carbocycles. The number of carbonyl (C=O) groups excluding carboxylic acids is 2. The van der Waals surface area contributed by atoms with Crippen molar-refractivity contribution < 1.29 is 28.5 Å². The van der Waals surface area contributed by atoms with E-state index in [-0.39, 0.29) is 5.91 Å². The highest BCUT2D eigenvalue weighted by molar-refractivity contribution is 5.91. The van der Waals surface area contributed by atoms with Gasteiger partial charge in [0.25, 0.3) is 5.91 Å². The fourth-order valence-corrected chi connectivity index (χ4v) is 3.19. The van der Waals surface area contributed by atoms with E-state index in [4.69, 9.17) is 18.9 Å². The van der Waals surface area contributed by atoms with Gasteiger partial charge in [0.1, 0.15) is 0 Å². The molecule has 0 N–H and O–H groups in total. The average molecular weight is 411 g/mol. The molecule has 0 radical (unpaired) electrons. The Balaban J connectivity index is 1.78. The third kappa shape index (κ3) is 5.18. The zero-order valence-corrected chi connectivity index (χ0v) is 17.1. The van der Waals surface area contributed by atoms with Gasteiger partial charge in [-0.2, -0.15) is 0 Å². The SMILES string of the molecule is COc1cccc(/C=C/C(=O)O[C@@H](C(=O)N2CCOCC2)c2ccccc2)c1OC. The van der Waals surface area contributed by atoms with Crippen LogP contribution in [-0.2, 0) is 19.1 Å². The van der Waals surface area contributed by atoms with Gasteiger partial charge in [-0.3, -0.25) is 4.79 Å². The molecule has 0 spiro atoms. The summed E-state index contributed by atoms with van der Waals surface area (Å²) in [6.45, 7) is 1.88. The summed E-state index contributed by atoms with van der Waals surface area (Å²) in [4.78, 5) is 27.2. The molecule has 1 amide bonds. The molecule has 0 aromatic heterocycles. The van der Waals surface area contributed by atoms with Gasteiger partial charge in [-0.25, -0.2) is 4.79 Å². The summed E-state index contributed by atoms with van der Waals surface area (Å²) in [7, 11) is 3.07. The molecule has 7 nitrogen and oxygen atoms in total. The van der Waals surface area contributed by atoms with Gasteiger partial charge in [0, 0.05) is 30.3 Å². The van der Waals surface area contributed by atoms with E-state index >= 15 is 0 Å². The van der Waals surface area contributed by atoms with Gasteiger partial charge in [0.15, 0.2) is 11.5 Å². The number of amides is 1. The number of nitrogens with zero attached hydrogens (tertiary/aromatic N) is 1. The Labute approximate surface area is 175 Å². The third-order valence-corrected chi connectivity index (χ3v) is 4.72. The fraction of sp³-hybridized carbons (Fsp3) is 0.304. The number of morpholine rings is 1. The maximum atomic E-state index is 13.0. The van der Waals surface area contributed by atoms with Gasteiger partial charge < -0.3 is 23.8 Å². The van der Waals surface area contributed by atoms with Crippen molar-refractivity contribution in [3.63, 3.8) is 0 Å². The summed E-state index contributed by atoms with van der Waals surface area (Å²) >= 11 is 0. The van der Waals surface area contributed by atoms with Crippen molar-refractivity contribution in [1.29, 1.82) is 0 Å². The number of esters is 1. The van der Waals surface area contributed by atoms with Crippen LogP contribution in [0.15, 0.2) is 54.6 Å². The van der Waals surface area contributed by atoms with Gasteiger partial charge in [-0.1, -0.05) is 42.5 Å². The van der Waals surface area contributed by atoms with Crippen LogP contribution in [0, 0.1) is 0 Å². The first-order valence-corrected chi connectivity index (χ1v) is 9.65. The summed E-state index contributed by atoms with van der Waals surface area (Å²) < 4.78 is 21.5. The van der Waals surface area contributed by atoms with Gasteiger partial charge >= 0.3 is 5.97 Å². The zero-order chi connectivity index (χ0) is 21.3. The van der Waals surface area contributed by atoms with Crippen molar-refractivity contribution in [1.82, 2.24) is 4.90 Å². The summed E-state index contributed by atoms with van der Waals surface area (Å²) in [5.74, 6) is 0.172. The first-order chi connectivity index (χ1) is 14.6. The van der Waals surface area contributed by atoms with Crippen molar-refractivity contribution in [2.24, 2.45) is 0 Å². The van der Waals surface area contributed by atoms with Crippen LogP contribution in [0.2, 0.25) is 0 Å². The number of ether oxygens (including phenoxy) is 4. The Kier molecular flexibility index (Phi) is 7.45. The second-order valence-corrected chi connectivity index (χ2v) is 6.58. The lowest BCUT2D eigenvalue weighted by atomic mass is 10.1. The maximum absolute atomic E-state index is 13.0. The Hall–Kier alpha value is -3.32. The highest BCUT2D eigenvalue weighted by Crippen LogP contribution is 2.31. The Morgan fingerprint density at radius 1 is 1.00 bits per heavy atom. The molecule has 0 bridgehead atoms. The molecule has 0 aliphatic carbocycles. The summed E-state index contributed by atoms with van der Waals surface area (Å²) in [6, 6.07) is 14.3. The number of para-hydroxylation sites is 1. The van der Waals surface area contributed by atoms with Crippen molar-refractivity contribution in [3.05, 3.63) is 65.7 Å². The van der Waals surface area contributed by atoms with Crippen LogP contribution in [0.1, 0.15) is 17.2 Å². The minimum Gasteiger partial charge on any atom is -0.493 e. The lowest BCUT2D eigenvalue weighted by molar-refractivity contribution is -0.159. The number of hydrogen-bond acceptors (Lipinski definition) is 6. The predicted molar refractivity (Wildman–Crippen MR) is 111 cm³/mol. The second-order valence-electron chi connectivity index (χ2n) is 6.58. The minimum atomic E-state index is -1.02. The molecular weight excluding hydrogens is 386 g/mol. The molecule has 2 aromatic rings. The van der Waals surface area contributed by atoms with E-state index in [1.807, 2.05) is 6.07 Å². The maximum Gasteiger partial charge on any atom is 0.331 e. The van der Waals surface area contributed by atoms with Crippen molar-refractivity contribution >= 4 is 18.0 Å². The molecule has 1 fully saturated rings. The van der Waals surface area contributed by atoms with Crippen LogP contribution in [0.3, 0.4) is 0 Å². The van der Waals surface area contributed by atoms with Crippen LogP contribution in [0.4, 0.5) is 0 Å². The quantitative estimate of drug-likeness (QED) is 0.515. The molecule has 1 heterocycles. The lowest BCUT2D eigenvalue weighted by Gasteiger charge is -2.30. The van der Waals surface area contributed by atoms with Crippen LogP contribution < -0.4 is 9.47 Å². The van der Waals surface area contributed by atoms with E-state index in [9.17, 15) is 9.59 Å². The smallest absolute Gasteiger partial charge is 0.331 e. The Morgan fingerprint density at radius 2 is 1.73 bits per heavy atom. The first kappa shape index (κ1) is 21.4. The molecule has 1 atom stereocenters. The van der Waals surface area contributed by atoms with Crippen LogP contribution >= 0.6 is 0 Å². The number of rotatable bonds is 7. The van der Waals surface area contributed by atoms with Gasteiger partial charge in [0.2, 0.25) is 6.10 Å². The molecular formula is C23H25NO6. The van der Waals surface area contributed by atoms with E-state index < -0.39 is 12.1 Å². The molecule has 158 valence electrons. The highest BCUT2D eigenvalue weighted by Gasteiger charge is 2.30. The van der Waals surface area contributed by atoms with Crippen LogP contribution in [-0.4, -0.2) is 57.3 Å². The van der Waals surface area contributed by atoms with E-state index in [2.05, 4.69) is 0 Å². The monoisotopic (exact) mass is 411 g/mol. The van der Waals surface area contributed by atoms with E-state index in [0.29, 0.717) is 48.9 Å². The Morgan fingerprint density at radius 3 is 2.40 bits per heavy atom. The Bertz CT molecular complexity index is 890. The number of hydrogen-bond donors (Lipinski definition) is 0. The molecule has 1 aliphatic rings. The molecule has 3 rings (SSSR count). The normalized spacial score (nSPS) is 14.9. The van der Waals surface area contributed by atoms with Gasteiger partial charge in [0.05, 0.1) is 27.4 Å². The summed E-state index contributed by atoms with van der Waals surface area (Å²) in [5, 5.41) is 0. The zero-order valence-electron chi connectivity index (χ0n) is 17.1. The predicted octanol–water partition coefficient (Wildman–Crippen LogP) is 2.86. The van der Waals surface area contributed by atoms with Crippen molar-refractivity contribution in [2.75, 3.05) is 40.5 Å². The lowest BCUT2D eigenvalue weighted by Crippen LogP contribution is -2.44. The number of carbonyl (C=O) groups is 2. The van der Waals surface area contributed by atoms with Crippen molar-refractivity contribution in [2.45, 2.75) is 6.10 Å². The minimum absolute atomic E-state index is 0.259. The van der Waals surface area contributed by atoms with E-state index in [0.717, 1.165) is 0 Å². The summed E-state index contributed by atoms with van der Waals surface area (Å²) in [6.07, 6.45) is 1.83. The fourth-order valence-electron chi connectivity index (χ4n) is 3.19. The largest absolute Gasteiger partial charge is 0.493 e. The van der Waals surface area contributed by atoms with Gasteiger partial charge in [-0.15, -0.1) is 0 Å². The van der Waals surface area contributed by atoms with E-state index in [1.54, 1.807) is 60.6 Å². The molecule has 2 aromatic carbocycles. The standard InChI is InChI=1S/C23H25NO6/c1-27-19-10-6-9-18(21(19)28-2)11-12-20(25)30-22(17-7-4-3-5-8-17)23(26)24-13-15-29-16-14-24/h3-12,22H,13-16H2,1-2H3/b12-11+/t22-/m1/s1. The van der Waals surface area contributed by atoms with Gasteiger partial charge in [-0.05, 0) is 12.1 Å². The third-order valence-electron chi connectivity index (χ3n) is 4.72. The molecule has 30 heavy (non-hydrogen) atoms. The average Bonchev–Trinajstić information content (AvgIpc) is 2.81. The van der Waals surface area contributed by atoms with Crippen molar-refractivity contribution in [3.8, 4) is 11.5 Å². The second kappa shape index (κ2) is 10.5. The summed E-state index contributed by atoms with van der Waals surface area (Å²) in [5.41, 5.74) is 1.28. The van der Waals surface area contributed by atoms with Crippen LogP contribution in [0.25, 0.3) is 6.08 Å². The van der Waals surface area contributed by atoms with Crippen LogP contribution in [0.5, 0.6) is 11.5 Å². The number of methoxy groups -OCH3 is 2. The molecule has 1 saturated heterocycles.